The van der Waals surface area contributed by atoms with Gasteiger partial charge in [0, 0.05) is 23.9 Å². The second-order valence-electron chi connectivity index (χ2n) is 5.72. The summed E-state index contributed by atoms with van der Waals surface area (Å²) in [6.45, 7) is 4.93. The number of carbonyl (C=O) groups is 2. The quantitative estimate of drug-likeness (QED) is 0.493. The van der Waals surface area contributed by atoms with E-state index >= 15 is 0 Å². The molecule has 2 aromatic carbocycles. The van der Waals surface area contributed by atoms with Gasteiger partial charge in [-0.15, -0.1) is 0 Å². The highest BCUT2D eigenvalue weighted by molar-refractivity contribution is 7.80. The lowest BCUT2D eigenvalue weighted by molar-refractivity contribution is -0.115. The highest BCUT2D eigenvalue weighted by Gasteiger charge is 2.06. The molecule has 0 aliphatic heterocycles. The summed E-state index contributed by atoms with van der Waals surface area (Å²) in [6, 6.07) is 14.3. The molecule has 7 heteroatoms. The summed E-state index contributed by atoms with van der Waals surface area (Å²) in [5, 5.41) is 8.35. The lowest BCUT2D eigenvalue weighted by atomic mass is 10.2. The lowest BCUT2D eigenvalue weighted by Crippen LogP contribution is -2.33. The first-order valence-electron chi connectivity index (χ1n) is 8.93. The maximum absolute atomic E-state index is 12.0. The fraction of sp³-hybridized carbons (Fsp3) is 0.190. The van der Waals surface area contributed by atoms with Gasteiger partial charge in [0.2, 0.25) is 5.91 Å². The molecule has 2 rings (SSSR count). The van der Waals surface area contributed by atoms with Gasteiger partial charge in [0.25, 0.3) is 5.91 Å². The Hall–Kier alpha value is -3.19. The van der Waals surface area contributed by atoms with Gasteiger partial charge in [0.15, 0.2) is 5.11 Å². The van der Waals surface area contributed by atoms with Crippen LogP contribution in [-0.4, -0.2) is 30.1 Å². The average Bonchev–Trinajstić information content (AvgIpc) is 2.68. The van der Waals surface area contributed by atoms with Gasteiger partial charge in [-0.05, 0) is 68.0 Å². The minimum absolute atomic E-state index is 0.148. The van der Waals surface area contributed by atoms with Crippen molar-refractivity contribution in [2.45, 2.75) is 13.8 Å². The predicted molar refractivity (Wildman–Crippen MR) is 115 cm³/mol. The molecule has 0 unspecified atom stereocenters. The van der Waals surface area contributed by atoms with Crippen molar-refractivity contribution in [3.05, 3.63) is 65.7 Å². The smallest absolute Gasteiger partial charge is 0.251 e. The largest absolute Gasteiger partial charge is 0.494 e. The molecule has 0 fully saturated rings. The molecule has 0 aromatic heterocycles. The van der Waals surface area contributed by atoms with Crippen LogP contribution in [0.1, 0.15) is 29.8 Å². The zero-order valence-corrected chi connectivity index (χ0v) is 16.6. The number of anilines is 1. The van der Waals surface area contributed by atoms with Crippen molar-refractivity contribution >= 4 is 40.9 Å². The summed E-state index contributed by atoms with van der Waals surface area (Å²) >= 11 is 5.16. The van der Waals surface area contributed by atoms with Gasteiger partial charge in [-0.3, -0.25) is 14.9 Å². The van der Waals surface area contributed by atoms with E-state index in [0.717, 1.165) is 11.3 Å². The van der Waals surface area contributed by atoms with Crippen LogP contribution in [0.2, 0.25) is 0 Å². The molecule has 6 nitrogen and oxygen atoms in total. The second-order valence-corrected chi connectivity index (χ2v) is 6.13. The van der Waals surface area contributed by atoms with Crippen LogP contribution < -0.4 is 20.7 Å². The molecule has 28 heavy (non-hydrogen) atoms. The molecule has 0 heterocycles. The number of rotatable bonds is 7. The first-order valence-corrected chi connectivity index (χ1v) is 9.33. The van der Waals surface area contributed by atoms with E-state index in [4.69, 9.17) is 17.0 Å². The number of amides is 2. The van der Waals surface area contributed by atoms with Gasteiger partial charge >= 0.3 is 0 Å². The Morgan fingerprint density at radius 1 is 1.11 bits per heavy atom. The SMILES string of the molecule is CCNC(=O)c1cccc(NC(=S)NC(=O)/C=C/c2ccc(OCC)cc2)c1. The monoisotopic (exact) mass is 397 g/mol. The van der Waals surface area contributed by atoms with Gasteiger partial charge in [-0.25, -0.2) is 0 Å². The van der Waals surface area contributed by atoms with Crippen LogP contribution in [0.5, 0.6) is 5.75 Å². The van der Waals surface area contributed by atoms with Crippen molar-refractivity contribution in [3.63, 3.8) is 0 Å². The minimum atomic E-state index is -0.355. The third-order valence-corrected chi connectivity index (χ3v) is 3.78. The van der Waals surface area contributed by atoms with Crippen molar-refractivity contribution in [3.8, 4) is 5.75 Å². The van der Waals surface area contributed by atoms with Crippen LogP contribution in [0.25, 0.3) is 6.08 Å². The first kappa shape index (κ1) is 21.1. The van der Waals surface area contributed by atoms with Gasteiger partial charge in [-0.2, -0.15) is 0 Å². The Bertz CT molecular complexity index is 863. The van der Waals surface area contributed by atoms with Crippen molar-refractivity contribution in [1.29, 1.82) is 0 Å². The first-order chi connectivity index (χ1) is 13.5. The molecule has 0 aliphatic rings. The highest BCUT2D eigenvalue weighted by atomic mass is 32.1. The molecule has 0 radical (unpaired) electrons. The molecular formula is C21H23N3O3S. The average molecular weight is 398 g/mol. The van der Waals surface area contributed by atoms with Gasteiger partial charge in [0.05, 0.1) is 6.61 Å². The van der Waals surface area contributed by atoms with E-state index in [1.54, 1.807) is 30.3 Å². The Balaban J connectivity index is 1.89. The van der Waals surface area contributed by atoms with Crippen LogP contribution in [0.3, 0.4) is 0 Å². The van der Waals surface area contributed by atoms with E-state index < -0.39 is 0 Å². The standard InChI is InChI=1S/C21H23N3O3S/c1-3-22-20(26)16-6-5-7-17(14-16)23-21(28)24-19(25)13-10-15-8-11-18(12-9-15)27-4-2/h5-14H,3-4H2,1-2H3,(H,22,26)(H2,23,24,25,28)/b13-10+. The van der Waals surface area contributed by atoms with E-state index in [2.05, 4.69) is 16.0 Å². The maximum Gasteiger partial charge on any atom is 0.251 e. The van der Waals surface area contributed by atoms with Crippen molar-refractivity contribution in [1.82, 2.24) is 10.6 Å². The van der Waals surface area contributed by atoms with Crippen molar-refractivity contribution < 1.29 is 14.3 Å². The Morgan fingerprint density at radius 2 is 1.86 bits per heavy atom. The number of nitrogens with one attached hydrogen (secondary N) is 3. The van der Waals surface area contributed by atoms with E-state index in [1.165, 1.54) is 6.08 Å². The van der Waals surface area contributed by atoms with E-state index in [0.29, 0.717) is 24.4 Å². The van der Waals surface area contributed by atoms with Crippen LogP contribution in [0.15, 0.2) is 54.6 Å². The molecule has 3 N–H and O–H groups in total. The molecule has 2 aromatic rings. The predicted octanol–water partition coefficient (Wildman–Crippen LogP) is 3.36. The Kier molecular flexibility index (Phi) is 8.17. The van der Waals surface area contributed by atoms with Crippen molar-refractivity contribution in [2.24, 2.45) is 0 Å². The van der Waals surface area contributed by atoms with E-state index in [9.17, 15) is 9.59 Å². The van der Waals surface area contributed by atoms with Crippen molar-refractivity contribution in [2.75, 3.05) is 18.5 Å². The maximum atomic E-state index is 12.0. The molecule has 0 atom stereocenters. The van der Waals surface area contributed by atoms with E-state index in [1.807, 2.05) is 38.1 Å². The molecule has 0 saturated heterocycles. The number of benzene rings is 2. The fourth-order valence-electron chi connectivity index (χ4n) is 2.33. The van der Waals surface area contributed by atoms with Gasteiger partial charge in [0.1, 0.15) is 5.75 Å². The number of thiocarbonyl (C=S) groups is 1. The summed E-state index contributed by atoms with van der Waals surface area (Å²) in [4.78, 5) is 23.9. The number of hydrogen-bond acceptors (Lipinski definition) is 4. The summed E-state index contributed by atoms with van der Waals surface area (Å²) in [7, 11) is 0. The lowest BCUT2D eigenvalue weighted by Gasteiger charge is -2.09. The van der Waals surface area contributed by atoms with E-state index in [-0.39, 0.29) is 16.9 Å². The molecule has 0 spiro atoms. The summed E-state index contributed by atoms with van der Waals surface area (Å²) in [5.74, 6) is 0.259. The van der Waals surface area contributed by atoms with Crippen LogP contribution in [0, 0.1) is 0 Å². The topological polar surface area (TPSA) is 79.5 Å². The molecule has 0 saturated carbocycles. The summed E-state index contributed by atoms with van der Waals surface area (Å²) in [5.41, 5.74) is 1.99. The summed E-state index contributed by atoms with van der Waals surface area (Å²) in [6.07, 6.45) is 3.08. The number of ether oxygens (including phenoxy) is 1. The minimum Gasteiger partial charge on any atom is -0.494 e. The zero-order chi connectivity index (χ0) is 20.4. The summed E-state index contributed by atoms with van der Waals surface area (Å²) < 4.78 is 5.38. The Labute approximate surface area is 170 Å². The van der Waals surface area contributed by atoms with Gasteiger partial charge in [-0.1, -0.05) is 18.2 Å². The van der Waals surface area contributed by atoms with Crippen LogP contribution in [0.4, 0.5) is 5.69 Å². The molecule has 146 valence electrons. The highest BCUT2D eigenvalue weighted by Crippen LogP contribution is 2.13. The second kappa shape index (κ2) is 10.8. The molecule has 0 bridgehead atoms. The van der Waals surface area contributed by atoms with Crippen LogP contribution in [-0.2, 0) is 4.79 Å². The number of carbonyl (C=O) groups excluding carboxylic acids is 2. The number of hydrogen-bond donors (Lipinski definition) is 3. The third-order valence-electron chi connectivity index (χ3n) is 3.57. The normalized spacial score (nSPS) is 10.4. The Morgan fingerprint density at radius 3 is 2.54 bits per heavy atom. The molecular weight excluding hydrogens is 374 g/mol. The zero-order valence-electron chi connectivity index (χ0n) is 15.8. The van der Waals surface area contributed by atoms with Crippen LogP contribution >= 0.6 is 12.2 Å². The molecule has 2 amide bonds. The van der Waals surface area contributed by atoms with Gasteiger partial charge < -0.3 is 15.4 Å². The molecule has 0 aliphatic carbocycles. The fourth-order valence-corrected chi connectivity index (χ4v) is 2.55. The third kappa shape index (κ3) is 6.85.